The van der Waals surface area contributed by atoms with Crippen molar-refractivity contribution in [3.63, 3.8) is 0 Å². The molecule has 4 aromatic rings. The minimum absolute atomic E-state index is 0.257. The number of phenols is 1. The van der Waals surface area contributed by atoms with Crippen molar-refractivity contribution in [3.05, 3.63) is 77.8 Å². The van der Waals surface area contributed by atoms with E-state index in [1.807, 2.05) is 66.7 Å². The fraction of sp³-hybridized carbons (Fsp3) is 0.0476. The number of hydrogen-bond donors (Lipinski definition) is 1. The maximum atomic E-state index is 10.3. The second-order valence-corrected chi connectivity index (χ2v) is 6.22. The second kappa shape index (κ2) is 6.19. The third kappa shape index (κ3) is 2.73. The molecule has 0 unspecified atom stereocenters. The zero-order chi connectivity index (χ0) is 17.4. The van der Waals surface area contributed by atoms with E-state index in [0.29, 0.717) is 5.02 Å². The highest BCUT2D eigenvalue weighted by Crippen LogP contribution is 2.36. The lowest BCUT2D eigenvalue weighted by Gasteiger charge is -2.12. The normalized spacial score (nSPS) is 11.0. The number of benzene rings is 3. The topological polar surface area (TPSA) is 34.4 Å². The van der Waals surface area contributed by atoms with Crippen molar-refractivity contribution in [2.24, 2.45) is 0 Å². The van der Waals surface area contributed by atoms with Crippen LogP contribution in [0.25, 0.3) is 27.8 Å². The molecule has 0 radical (unpaired) electrons. The van der Waals surface area contributed by atoms with Gasteiger partial charge in [0.2, 0.25) is 0 Å². The van der Waals surface area contributed by atoms with Crippen molar-refractivity contribution in [1.29, 1.82) is 0 Å². The number of methoxy groups -OCH3 is 1. The third-order valence-electron chi connectivity index (χ3n) is 4.28. The average Bonchev–Trinajstić information content (AvgIpc) is 3.03. The number of rotatable bonds is 3. The largest absolute Gasteiger partial charge is 0.507 e. The van der Waals surface area contributed by atoms with E-state index in [-0.39, 0.29) is 5.75 Å². The molecule has 1 heterocycles. The Labute approximate surface area is 150 Å². The van der Waals surface area contributed by atoms with Crippen molar-refractivity contribution in [3.8, 4) is 28.4 Å². The van der Waals surface area contributed by atoms with Gasteiger partial charge in [0.15, 0.2) is 0 Å². The molecule has 4 rings (SSSR count). The summed E-state index contributed by atoms with van der Waals surface area (Å²) in [5.41, 5.74) is 3.87. The van der Waals surface area contributed by atoms with Gasteiger partial charge in [0.05, 0.1) is 18.3 Å². The van der Waals surface area contributed by atoms with Gasteiger partial charge in [0.1, 0.15) is 11.5 Å². The number of halogens is 1. The Kier molecular flexibility index (Phi) is 3.86. The van der Waals surface area contributed by atoms with E-state index in [1.54, 1.807) is 13.2 Å². The highest BCUT2D eigenvalue weighted by atomic mass is 35.5. The highest BCUT2D eigenvalue weighted by molar-refractivity contribution is 6.30. The Morgan fingerprint density at radius 2 is 1.68 bits per heavy atom. The lowest BCUT2D eigenvalue weighted by Crippen LogP contribution is -1.96. The average molecular weight is 350 g/mol. The summed E-state index contributed by atoms with van der Waals surface area (Å²) in [6, 6.07) is 23.1. The molecular weight excluding hydrogens is 334 g/mol. The van der Waals surface area contributed by atoms with Crippen LogP contribution in [0.3, 0.4) is 0 Å². The number of ether oxygens (including phenoxy) is 1. The molecule has 0 saturated heterocycles. The van der Waals surface area contributed by atoms with E-state index in [4.69, 9.17) is 16.3 Å². The number of nitrogens with zero attached hydrogens (tertiary/aromatic N) is 1. The number of phenolic OH excluding ortho intramolecular Hbond substituents is 1. The Bertz CT molecular complexity index is 1050. The third-order valence-corrected chi connectivity index (χ3v) is 4.51. The Hall–Kier alpha value is -2.91. The summed E-state index contributed by atoms with van der Waals surface area (Å²) in [7, 11) is 1.65. The number of aromatic nitrogens is 1. The smallest absolute Gasteiger partial charge is 0.124 e. The summed E-state index contributed by atoms with van der Waals surface area (Å²) in [6.45, 7) is 0. The second-order valence-electron chi connectivity index (χ2n) is 5.78. The first-order valence-corrected chi connectivity index (χ1v) is 8.29. The van der Waals surface area contributed by atoms with Gasteiger partial charge in [-0.05, 0) is 66.2 Å². The Morgan fingerprint density at radius 1 is 0.920 bits per heavy atom. The first-order valence-electron chi connectivity index (χ1n) is 7.91. The predicted octanol–water partition coefficient (Wildman–Crippen LogP) is 5.67. The molecule has 0 fully saturated rings. The quantitative estimate of drug-likeness (QED) is 0.517. The van der Waals surface area contributed by atoms with E-state index < -0.39 is 0 Å². The monoisotopic (exact) mass is 349 g/mol. The van der Waals surface area contributed by atoms with Gasteiger partial charge < -0.3 is 14.4 Å². The zero-order valence-electron chi connectivity index (χ0n) is 13.6. The molecule has 4 heteroatoms. The summed E-state index contributed by atoms with van der Waals surface area (Å²) in [5, 5.41) is 11.7. The van der Waals surface area contributed by atoms with Crippen LogP contribution >= 0.6 is 11.6 Å². The lowest BCUT2D eigenvalue weighted by molar-refractivity contribution is 0.415. The summed E-state index contributed by atoms with van der Waals surface area (Å²) >= 11 is 6.20. The summed E-state index contributed by atoms with van der Waals surface area (Å²) < 4.78 is 7.35. The lowest BCUT2D eigenvalue weighted by atomic mass is 10.1. The molecule has 1 aromatic heterocycles. The molecule has 3 nitrogen and oxygen atoms in total. The molecule has 0 atom stereocenters. The molecule has 0 spiro atoms. The van der Waals surface area contributed by atoms with Crippen LogP contribution in [-0.2, 0) is 0 Å². The summed E-state index contributed by atoms with van der Waals surface area (Å²) in [5.74, 6) is 1.06. The molecule has 0 bridgehead atoms. The van der Waals surface area contributed by atoms with Crippen LogP contribution in [0.4, 0.5) is 0 Å². The Balaban J connectivity index is 2.02. The first kappa shape index (κ1) is 15.6. The maximum absolute atomic E-state index is 10.3. The Morgan fingerprint density at radius 3 is 2.40 bits per heavy atom. The fourth-order valence-corrected chi connectivity index (χ4v) is 3.27. The van der Waals surface area contributed by atoms with Gasteiger partial charge in [-0.1, -0.05) is 23.7 Å². The van der Waals surface area contributed by atoms with E-state index in [0.717, 1.165) is 33.6 Å². The summed E-state index contributed by atoms with van der Waals surface area (Å²) in [4.78, 5) is 0. The van der Waals surface area contributed by atoms with Gasteiger partial charge in [-0.25, -0.2) is 0 Å². The van der Waals surface area contributed by atoms with E-state index in [9.17, 15) is 5.11 Å². The van der Waals surface area contributed by atoms with Crippen LogP contribution in [0.15, 0.2) is 72.8 Å². The molecule has 124 valence electrons. The van der Waals surface area contributed by atoms with Crippen molar-refractivity contribution in [2.45, 2.75) is 0 Å². The van der Waals surface area contributed by atoms with E-state index in [2.05, 4.69) is 4.57 Å². The molecule has 1 N–H and O–H groups in total. The number of fused-ring (bicyclic) bond motifs is 1. The highest BCUT2D eigenvalue weighted by Gasteiger charge is 2.15. The van der Waals surface area contributed by atoms with Gasteiger partial charge >= 0.3 is 0 Å². The molecule has 3 aromatic carbocycles. The van der Waals surface area contributed by atoms with Gasteiger partial charge in [-0.15, -0.1) is 0 Å². The van der Waals surface area contributed by atoms with Gasteiger partial charge in [-0.3, -0.25) is 0 Å². The molecule has 0 aliphatic carbocycles. The fourth-order valence-electron chi connectivity index (χ4n) is 3.08. The minimum Gasteiger partial charge on any atom is -0.507 e. The van der Waals surface area contributed by atoms with Crippen LogP contribution in [-0.4, -0.2) is 16.8 Å². The molecule has 0 amide bonds. The van der Waals surface area contributed by atoms with Crippen LogP contribution < -0.4 is 4.74 Å². The number of aromatic hydroxyl groups is 1. The minimum atomic E-state index is 0.257. The van der Waals surface area contributed by atoms with Crippen molar-refractivity contribution in [2.75, 3.05) is 7.11 Å². The van der Waals surface area contributed by atoms with Crippen LogP contribution in [0.1, 0.15) is 0 Å². The predicted molar refractivity (Wildman–Crippen MR) is 102 cm³/mol. The first-order chi connectivity index (χ1) is 12.2. The summed E-state index contributed by atoms with van der Waals surface area (Å²) in [6.07, 6.45) is 0. The van der Waals surface area contributed by atoms with Crippen LogP contribution in [0.2, 0.25) is 5.02 Å². The van der Waals surface area contributed by atoms with Gasteiger partial charge in [0, 0.05) is 16.1 Å². The molecule has 0 aliphatic heterocycles. The van der Waals surface area contributed by atoms with Crippen molar-refractivity contribution < 1.29 is 9.84 Å². The van der Waals surface area contributed by atoms with E-state index in [1.165, 1.54) is 0 Å². The molecular formula is C21H16ClNO2. The number of hydrogen-bond acceptors (Lipinski definition) is 2. The molecule has 25 heavy (non-hydrogen) atoms. The SMILES string of the molecule is COc1ccc(-c2cc3c(O)cccc3n2-c2cccc(Cl)c2)cc1. The molecule has 0 saturated carbocycles. The molecule has 0 aliphatic rings. The van der Waals surface area contributed by atoms with Gasteiger partial charge in [-0.2, -0.15) is 0 Å². The zero-order valence-corrected chi connectivity index (χ0v) is 14.4. The van der Waals surface area contributed by atoms with Crippen LogP contribution in [0, 0.1) is 0 Å². The van der Waals surface area contributed by atoms with Gasteiger partial charge in [0.25, 0.3) is 0 Å². The maximum Gasteiger partial charge on any atom is 0.124 e. The van der Waals surface area contributed by atoms with Crippen LogP contribution in [0.5, 0.6) is 11.5 Å². The van der Waals surface area contributed by atoms with Crippen molar-refractivity contribution in [1.82, 2.24) is 4.57 Å². The standard InChI is InChI=1S/C21H16ClNO2/c1-25-17-10-8-14(9-11-17)20-13-18-19(6-3-7-21(18)24)23(20)16-5-2-4-15(22)12-16/h2-13,24H,1H3. The van der Waals surface area contributed by atoms with Crippen molar-refractivity contribution >= 4 is 22.5 Å². The van der Waals surface area contributed by atoms with E-state index >= 15 is 0 Å².